The van der Waals surface area contributed by atoms with Gasteiger partial charge < -0.3 is 21.3 Å². The first-order valence-electron chi connectivity index (χ1n) is 16.0. The fourth-order valence-electron chi connectivity index (χ4n) is 6.60. The van der Waals surface area contributed by atoms with E-state index in [0.29, 0.717) is 24.2 Å². The maximum atomic E-state index is 5.16. The zero-order chi connectivity index (χ0) is 24.7. The van der Waals surface area contributed by atoms with Gasteiger partial charge in [-0.05, 0) is 64.2 Å². The second-order valence-electron chi connectivity index (χ2n) is 12.1. The Morgan fingerprint density at radius 3 is 1.14 bits per heavy atom. The summed E-state index contributed by atoms with van der Waals surface area (Å²) in [5.41, 5.74) is 0. The van der Waals surface area contributed by atoms with E-state index in [4.69, 9.17) is 9.98 Å². The van der Waals surface area contributed by atoms with Crippen LogP contribution in [0.15, 0.2) is 9.98 Å². The molecule has 206 valence electrons. The molecule has 0 atom stereocenters. The maximum Gasteiger partial charge on any atom is 0.191 e. The number of aliphatic imine (C=N–C) groups is 2. The van der Waals surface area contributed by atoms with Gasteiger partial charge in [0.15, 0.2) is 11.9 Å². The normalized spacial score (nSPS) is 24.4. The number of hydrogen-bond acceptors (Lipinski definition) is 2. The fraction of sp³-hybridized carbons (Fsp3) is 0.933. The Balaban J connectivity index is 1.20. The van der Waals surface area contributed by atoms with Crippen LogP contribution in [0.25, 0.3) is 0 Å². The summed E-state index contributed by atoms with van der Waals surface area (Å²) < 4.78 is 0. The number of rotatable bonds is 9. The number of guanidine groups is 2. The molecule has 0 saturated heterocycles. The molecule has 0 bridgehead atoms. The highest BCUT2D eigenvalue weighted by atomic mass is 15.2. The van der Waals surface area contributed by atoms with Crippen molar-refractivity contribution < 1.29 is 0 Å². The summed E-state index contributed by atoms with van der Waals surface area (Å²) in [6.45, 7) is 2.00. The van der Waals surface area contributed by atoms with E-state index < -0.39 is 0 Å². The molecule has 0 amide bonds. The molecule has 4 aliphatic carbocycles. The van der Waals surface area contributed by atoms with Crippen molar-refractivity contribution in [2.24, 2.45) is 9.98 Å². The van der Waals surface area contributed by atoms with Crippen LogP contribution in [0.5, 0.6) is 0 Å². The van der Waals surface area contributed by atoms with Crippen LogP contribution < -0.4 is 21.3 Å². The van der Waals surface area contributed by atoms with E-state index in [9.17, 15) is 0 Å². The molecule has 0 aliphatic heterocycles. The second kappa shape index (κ2) is 16.4. The number of nitrogens with zero attached hydrogens (tertiary/aromatic N) is 2. The average Bonchev–Trinajstić information content (AvgIpc) is 2.93. The largest absolute Gasteiger partial charge is 0.356 e. The molecule has 36 heavy (non-hydrogen) atoms. The third kappa shape index (κ3) is 10.5. The Hall–Kier alpha value is -1.46. The highest BCUT2D eigenvalue weighted by Crippen LogP contribution is 2.22. The Bertz CT molecular complexity index is 582. The van der Waals surface area contributed by atoms with Gasteiger partial charge in [-0.25, -0.2) is 9.98 Å². The summed E-state index contributed by atoms with van der Waals surface area (Å²) in [5, 5.41) is 15.0. The first kappa shape index (κ1) is 27.6. The van der Waals surface area contributed by atoms with Crippen LogP contribution in [0.4, 0.5) is 0 Å². The molecule has 0 aromatic carbocycles. The summed E-state index contributed by atoms with van der Waals surface area (Å²) in [4.78, 5) is 10.3. The zero-order valence-electron chi connectivity index (χ0n) is 23.2. The predicted molar refractivity (Wildman–Crippen MR) is 154 cm³/mol. The van der Waals surface area contributed by atoms with Crippen molar-refractivity contribution in [2.75, 3.05) is 13.1 Å². The van der Waals surface area contributed by atoms with Crippen molar-refractivity contribution in [1.29, 1.82) is 0 Å². The summed E-state index contributed by atoms with van der Waals surface area (Å²) in [6.07, 6.45) is 28.9. The minimum atomic E-state index is 0.517. The number of hydrogen-bond donors (Lipinski definition) is 4. The molecule has 0 heterocycles. The van der Waals surface area contributed by atoms with Gasteiger partial charge in [-0.1, -0.05) is 77.0 Å². The van der Waals surface area contributed by atoms with Crippen molar-refractivity contribution in [3.05, 3.63) is 0 Å². The molecule has 0 aromatic heterocycles. The molecular formula is C30H56N6. The summed E-state index contributed by atoms with van der Waals surface area (Å²) in [6, 6.07) is 2.26. The Kier molecular flexibility index (Phi) is 12.6. The lowest BCUT2D eigenvalue weighted by atomic mass is 9.95. The lowest BCUT2D eigenvalue weighted by Crippen LogP contribution is -2.46. The molecule has 4 saturated carbocycles. The van der Waals surface area contributed by atoms with Gasteiger partial charge in [-0.3, -0.25) is 0 Å². The molecule has 4 rings (SSSR count). The van der Waals surface area contributed by atoms with Gasteiger partial charge in [0.25, 0.3) is 0 Å². The molecule has 4 fully saturated rings. The van der Waals surface area contributed by atoms with Gasteiger partial charge in [0, 0.05) is 25.2 Å². The van der Waals surface area contributed by atoms with Crippen LogP contribution in [0.3, 0.4) is 0 Å². The Labute approximate surface area is 221 Å². The van der Waals surface area contributed by atoms with E-state index in [1.807, 2.05) is 0 Å². The monoisotopic (exact) mass is 500 g/mol. The van der Waals surface area contributed by atoms with E-state index in [0.717, 1.165) is 37.9 Å². The molecule has 0 spiro atoms. The Morgan fingerprint density at radius 2 is 0.778 bits per heavy atom. The second-order valence-corrected chi connectivity index (χ2v) is 12.1. The van der Waals surface area contributed by atoms with Gasteiger partial charge in [0.2, 0.25) is 0 Å². The van der Waals surface area contributed by atoms with Crippen LogP contribution in [0.2, 0.25) is 0 Å². The molecule has 4 aliphatic rings. The minimum absolute atomic E-state index is 0.517. The van der Waals surface area contributed by atoms with Gasteiger partial charge in [0.1, 0.15) is 0 Å². The summed E-state index contributed by atoms with van der Waals surface area (Å²) in [7, 11) is 0. The van der Waals surface area contributed by atoms with Crippen molar-refractivity contribution >= 4 is 11.9 Å². The standard InChI is InChI=1S/C30H56N6/c1-5-15-25(16-6-1)33-29(34-26-17-7-2-8-18-26)31-23-13-14-24-32-30(35-27-19-9-3-10-20-27)36-28-21-11-4-12-22-28/h25-28H,1-24H2,(H2,31,33,34)(H2,32,35,36). The van der Waals surface area contributed by atoms with Gasteiger partial charge in [-0.15, -0.1) is 0 Å². The van der Waals surface area contributed by atoms with E-state index in [1.165, 1.54) is 128 Å². The molecule has 4 N–H and O–H groups in total. The minimum Gasteiger partial charge on any atom is -0.356 e. The van der Waals surface area contributed by atoms with Crippen molar-refractivity contribution in [1.82, 2.24) is 21.3 Å². The first-order chi connectivity index (χ1) is 17.8. The van der Waals surface area contributed by atoms with Gasteiger partial charge >= 0.3 is 0 Å². The molecule has 6 heteroatoms. The van der Waals surface area contributed by atoms with Crippen LogP contribution >= 0.6 is 0 Å². The lowest BCUT2D eigenvalue weighted by Gasteiger charge is -2.27. The highest BCUT2D eigenvalue weighted by molar-refractivity contribution is 5.80. The smallest absolute Gasteiger partial charge is 0.191 e. The fourth-order valence-corrected chi connectivity index (χ4v) is 6.60. The van der Waals surface area contributed by atoms with E-state index in [-0.39, 0.29) is 0 Å². The van der Waals surface area contributed by atoms with Gasteiger partial charge in [-0.2, -0.15) is 0 Å². The quantitative estimate of drug-likeness (QED) is 0.174. The van der Waals surface area contributed by atoms with Crippen LogP contribution in [0, 0.1) is 0 Å². The third-order valence-electron chi connectivity index (χ3n) is 8.85. The lowest BCUT2D eigenvalue weighted by molar-refractivity contribution is 0.403. The van der Waals surface area contributed by atoms with Crippen molar-refractivity contribution in [2.45, 2.75) is 165 Å². The molecule has 0 aromatic rings. The number of nitrogens with one attached hydrogen (secondary N) is 4. The van der Waals surface area contributed by atoms with E-state index >= 15 is 0 Å². The maximum absolute atomic E-state index is 5.16. The Morgan fingerprint density at radius 1 is 0.444 bits per heavy atom. The average molecular weight is 501 g/mol. The molecule has 6 nitrogen and oxygen atoms in total. The topological polar surface area (TPSA) is 72.8 Å². The third-order valence-corrected chi connectivity index (χ3v) is 8.85. The van der Waals surface area contributed by atoms with Crippen LogP contribution in [-0.4, -0.2) is 49.2 Å². The molecule has 0 unspecified atom stereocenters. The zero-order valence-corrected chi connectivity index (χ0v) is 23.2. The van der Waals surface area contributed by atoms with Crippen LogP contribution in [-0.2, 0) is 0 Å². The predicted octanol–water partition coefficient (Wildman–Crippen LogP) is 6.17. The van der Waals surface area contributed by atoms with Crippen LogP contribution in [0.1, 0.15) is 141 Å². The van der Waals surface area contributed by atoms with Crippen molar-refractivity contribution in [3.8, 4) is 0 Å². The van der Waals surface area contributed by atoms with Crippen molar-refractivity contribution in [3.63, 3.8) is 0 Å². The molecular weight excluding hydrogens is 444 g/mol. The summed E-state index contributed by atoms with van der Waals surface area (Å²) in [5.74, 6) is 2.17. The molecule has 0 radical (unpaired) electrons. The number of unbranched alkanes of at least 4 members (excludes halogenated alkanes) is 1. The first-order valence-corrected chi connectivity index (χ1v) is 16.0. The highest BCUT2D eigenvalue weighted by Gasteiger charge is 2.19. The van der Waals surface area contributed by atoms with E-state index in [2.05, 4.69) is 21.3 Å². The summed E-state index contributed by atoms with van der Waals surface area (Å²) >= 11 is 0. The van der Waals surface area contributed by atoms with E-state index in [1.54, 1.807) is 0 Å². The van der Waals surface area contributed by atoms with Gasteiger partial charge in [0.05, 0.1) is 12.1 Å². The SMILES string of the molecule is C1CCC(N=C(NCCCCNC(=NC2CCCCC2)NC2CCCCC2)NC2CCCCC2)CC1.